The Hall–Kier alpha value is -2.96. The van der Waals surface area contributed by atoms with Crippen LogP contribution in [0.25, 0.3) is 10.8 Å². The molecule has 3 aromatic carbocycles. The molecule has 3 aromatic rings. The topological polar surface area (TPSA) is 134 Å². The number of ether oxygens (including phenoxy) is 1. The largest absolute Gasteiger partial charge is 0.391 e. The van der Waals surface area contributed by atoms with E-state index in [-0.39, 0.29) is 29.6 Å². The fourth-order valence-electron chi connectivity index (χ4n) is 6.24. The van der Waals surface area contributed by atoms with E-state index in [1.165, 1.54) is 11.8 Å². The summed E-state index contributed by atoms with van der Waals surface area (Å²) in [6.07, 6.45) is 2.67. The van der Waals surface area contributed by atoms with Crippen molar-refractivity contribution in [1.29, 1.82) is 0 Å². The third-order valence-corrected chi connectivity index (χ3v) is 10.4. The summed E-state index contributed by atoms with van der Waals surface area (Å²) in [6, 6.07) is 21.7. The Balaban J connectivity index is 1.53. The molecule has 6 atom stereocenters. The van der Waals surface area contributed by atoms with Crippen LogP contribution in [-0.4, -0.2) is 74.3 Å². The summed E-state index contributed by atoms with van der Waals surface area (Å²) >= 11 is 1.38. The lowest BCUT2D eigenvalue weighted by atomic mass is 9.73. The van der Waals surface area contributed by atoms with Crippen molar-refractivity contribution in [2.24, 2.45) is 11.8 Å². The minimum atomic E-state index is -3.73. The van der Waals surface area contributed by atoms with Crippen LogP contribution in [0.5, 0.6) is 0 Å². The summed E-state index contributed by atoms with van der Waals surface area (Å²) in [5.41, 5.74) is 0.511. The molecule has 0 saturated heterocycles. The lowest BCUT2D eigenvalue weighted by Crippen LogP contribution is -2.54. The number of benzene rings is 3. The van der Waals surface area contributed by atoms with Crippen molar-refractivity contribution in [3.05, 3.63) is 78.4 Å². The molecule has 3 unspecified atom stereocenters. The van der Waals surface area contributed by atoms with Gasteiger partial charge in [0.25, 0.3) is 0 Å². The van der Waals surface area contributed by atoms with Crippen molar-refractivity contribution in [1.82, 2.24) is 15.4 Å². The van der Waals surface area contributed by atoms with E-state index in [2.05, 4.69) is 15.4 Å². The van der Waals surface area contributed by atoms with E-state index < -0.39 is 39.7 Å². The first-order valence-corrected chi connectivity index (χ1v) is 19.0. The van der Waals surface area contributed by atoms with Crippen LogP contribution in [-0.2, 0) is 30.8 Å². The summed E-state index contributed by atoms with van der Waals surface area (Å²) in [5, 5.41) is 20.0. The molecular weight excluding hydrogens is 635 g/mol. The number of hydrogen-bond acceptors (Lipinski definition) is 7. The van der Waals surface area contributed by atoms with Gasteiger partial charge >= 0.3 is 0 Å². The second-order valence-corrected chi connectivity index (χ2v) is 16.5. The van der Waals surface area contributed by atoms with Crippen molar-refractivity contribution in [3.8, 4) is 0 Å². The summed E-state index contributed by atoms with van der Waals surface area (Å²) in [7, 11) is -2.07. The van der Waals surface area contributed by atoms with Crippen molar-refractivity contribution in [3.63, 3.8) is 0 Å². The second kappa shape index (κ2) is 16.4. The molecule has 0 radical (unpaired) electrons. The monoisotopic (exact) mass is 683 g/mol. The van der Waals surface area contributed by atoms with Gasteiger partial charge in [-0.15, -0.1) is 11.8 Å². The first-order valence-electron chi connectivity index (χ1n) is 16.2. The number of methoxy groups -OCH3 is 1. The molecule has 0 aromatic heterocycles. The maximum atomic E-state index is 13.8. The van der Waals surface area contributed by atoms with Crippen LogP contribution >= 0.6 is 11.8 Å². The fraction of sp³-hybridized carbons (Fsp3) is 0.500. The Kier molecular flexibility index (Phi) is 12.9. The highest BCUT2D eigenvalue weighted by Crippen LogP contribution is 2.36. The molecule has 4 N–H and O–H groups in total. The summed E-state index contributed by atoms with van der Waals surface area (Å²) < 4.78 is 32.8. The number of hydrogen-bond donors (Lipinski definition) is 4. The van der Waals surface area contributed by atoms with Gasteiger partial charge in [-0.05, 0) is 87.3 Å². The number of aliphatic hydroxyl groups excluding tert-OH is 1. The smallest absolute Gasteiger partial charge is 0.239 e. The van der Waals surface area contributed by atoms with E-state index in [0.717, 1.165) is 33.9 Å². The minimum Gasteiger partial charge on any atom is -0.391 e. The summed E-state index contributed by atoms with van der Waals surface area (Å²) in [4.78, 5) is 28.1. The van der Waals surface area contributed by atoms with Crippen LogP contribution in [0.4, 0.5) is 0 Å². The highest BCUT2D eigenvalue weighted by molar-refractivity contribution is 7.99. The number of carbonyl (C=O) groups excluding carboxylic acids is 2. The molecular formula is C36H49N3O6S2. The Morgan fingerprint density at radius 2 is 1.68 bits per heavy atom. The Bertz CT molecular complexity index is 1600. The number of rotatable bonds is 14. The van der Waals surface area contributed by atoms with E-state index >= 15 is 0 Å². The number of amides is 2. The molecule has 4 rings (SSSR count). The average Bonchev–Trinajstić information content (AvgIpc) is 3.01. The van der Waals surface area contributed by atoms with Crippen LogP contribution in [0, 0.1) is 11.8 Å². The van der Waals surface area contributed by atoms with Crippen molar-refractivity contribution >= 4 is 44.4 Å². The normalized spacial score (nSPS) is 20.7. The van der Waals surface area contributed by atoms with Gasteiger partial charge in [0.2, 0.25) is 21.8 Å². The first kappa shape index (κ1) is 36.9. The minimum absolute atomic E-state index is 0.0399. The molecule has 1 aliphatic rings. The van der Waals surface area contributed by atoms with Gasteiger partial charge in [0, 0.05) is 29.2 Å². The third-order valence-electron chi connectivity index (χ3n) is 8.56. The summed E-state index contributed by atoms with van der Waals surface area (Å²) in [6.45, 7) is 5.82. The molecule has 0 aliphatic heterocycles. The van der Waals surface area contributed by atoms with Gasteiger partial charge in [-0.3, -0.25) is 9.59 Å². The zero-order valence-electron chi connectivity index (χ0n) is 27.9. The zero-order chi connectivity index (χ0) is 34.2. The van der Waals surface area contributed by atoms with Gasteiger partial charge < -0.3 is 20.5 Å². The maximum Gasteiger partial charge on any atom is 0.239 e. The van der Waals surface area contributed by atoms with E-state index in [1.54, 1.807) is 7.11 Å². The molecule has 0 bridgehead atoms. The van der Waals surface area contributed by atoms with Gasteiger partial charge in [-0.25, -0.2) is 13.1 Å². The predicted octanol–water partition coefficient (Wildman–Crippen LogP) is 4.67. The van der Waals surface area contributed by atoms with Crippen molar-refractivity contribution < 1.29 is 27.9 Å². The van der Waals surface area contributed by atoms with Crippen LogP contribution in [0.1, 0.15) is 52.0 Å². The van der Waals surface area contributed by atoms with Gasteiger partial charge in [-0.1, -0.05) is 60.7 Å². The predicted molar refractivity (Wildman–Crippen MR) is 189 cm³/mol. The quantitative estimate of drug-likeness (QED) is 0.182. The van der Waals surface area contributed by atoms with Crippen LogP contribution < -0.4 is 15.4 Å². The molecule has 0 heterocycles. The van der Waals surface area contributed by atoms with Crippen molar-refractivity contribution in [2.45, 2.75) is 87.6 Å². The Morgan fingerprint density at radius 1 is 1.00 bits per heavy atom. The number of sulfonamides is 1. The molecule has 9 nitrogen and oxygen atoms in total. The molecule has 1 saturated carbocycles. The van der Waals surface area contributed by atoms with Crippen LogP contribution in [0.3, 0.4) is 0 Å². The van der Waals surface area contributed by atoms with Gasteiger partial charge in [0.05, 0.1) is 24.5 Å². The van der Waals surface area contributed by atoms with Crippen LogP contribution in [0.15, 0.2) is 77.7 Å². The lowest BCUT2D eigenvalue weighted by Gasteiger charge is -2.38. The molecule has 2 amide bonds. The highest BCUT2D eigenvalue weighted by atomic mass is 32.2. The van der Waals surface area contributed by atoms with E-state index in [9.17, 15) is 23.1 Å². The van der Waals surface area contributed by atoms with Crippen LogP contribution in [0.2, 0.25) is 0 Å². The third kappa shape index (κ3) is 11.6. The standard InChI is InChI=1S/C36H49N3O6S2/c1-36(2,3)38-34(41)30-22-28(45-4)17-15-27(30)21-33(40)31(19-24-11-7-6-8-12-24)37-35(42)32(39-47(5,43)44)23-46-29-18-16-25-13-9-10-14-26(25)20-29/h6-14,16,18,20,27-28,30-33,39-40H,15,17,19,21-23H2,1-5H3,(H,37,42)(H,38,41)/t27?,28?,30?,31-,32+,33+/m0/s1. The van der Waals surface area contributed by atoms with E-state index in [0.29, 0.717) is 25.7 Å². The molecule has 47 heavy (non-hydrogen) atoms. The number of thioether (sulfide) groups is 1. The molecule has 1 aliphatic carbocycles. The Labute approximate surface area is 283 Å². The second-order valence-electron chi connectivity index (χ2n) is 13.6. The SMILES string of the molecule is COC1CCC(C[C@@H](O)[C@H](Cc2ccccc2)NC(=O)[C@@H](CSc2ccc3ccccc3c2)NS(C)(=O)=O)C(C(=O)NC(C)(C)C)C1. The van der Waals surface area contributed by atoms with Crippen molar-refractivity contribution in [2.75, 3.05) is 19.1 Å². The number of fused-ring (bicyclic) bond motifs is 1. The van der Waals surface area contributed by atoms with E-state index in [1.807, 2.05) is 93.6 Å². The maximum absolute atomic E-state index is 13.8. The number of nitrogens with one attached hydrogen (secondary N) is 3. The summed E-state index contributed by atoms with van der Waals surface area (Å²) in [5.74, 6) is -0.908. The molecule has 11 heteroatoms. The number of aliphatic hydroxyl groups is 1. The highest BCUT2D eigenvalue weighted by Gasteiger charge is 2.39. The van der Waals surface area contributed by atoms with E-state index in [4.69, 9.17) is 4.74 Å². The Morgan fingerprint density at radius 3 is 2.34 bits per heavy atom. The first-order chi connectivity index (χ1) is 22.2. The average molecular weight is 684 g/mol. The molecule has 1 fully saturated rings. The van der Waals surface area contributed by atoms with Gasteiger partial charge in [0.15, 0.2) is 0 Å². The van der Waals surface area contributed by atoms with Gasteiger partial charge in [0.1, 0.15) is 6.04 Å². The lowest BCUT2D eigenvalue weighted by molar-refractivity contribution is -0.132. The molecule has 256 valence electrons. The zero-order valence-corrected chi connectivity index (χ0v) is 29.6. The van der Waals surface area contributed by atoms with Gasteiger partial charge in [-0.2, -0.15) is 0 Å². The molecule has 0 spiro atoms. The fourth-order valence-corrected chi connectivity index (χ4v) is 8.02. The number of carbonyl (C=O) groups is 2.